The minimum absolute atomic E-state index is 0.162. The number of methoxy groups -OCH3 is 1. The Kier molecular flexibility index (Phi) is 8.31. The van der Waals surface area contributed by atoms with Crippen LogP contribution in [0.2, 0.25) is 0 Å². The lowest BCUT2D eigenvalue weighted by Crippen LogP contribution is -2.49. The summed E-state index contributed by atoms with van der Waals surface area (Å²) in [7, 11) is 1.49. The Morgan fingerprint density at radius 2 is 2.03 bits per heavy atom. The van der Waals surface area contributed by atoms with Crippen molar-refractivity contribution in [3.8, 4) is 5.75 Å². The summed E-state index contributed by atoms with van der Waals surface area (Å²) in [5.41, 5.74) is 1.87. The van der Waals surface area contributed by atoms with Crippen LogP contribution in [-0.4, -0.2) is 51.1 Å². The first-order valence-electron chi connectivity index (χ1n) is 11.0. The van der Waals surface area contributed by atoms with Crippen LogP contribution in [-0.2, 0) is 28.0 Å². The number of imide groups is 1. The third-order valence-corrected chi connectivity index (χ3v) is 7.24. The molecule has 1 fully saturated rings. The fourth-order valence-corrected chi connectivity index (χ4v) is 4.98. The SMILES string of the molecule is CCN(Cc1csc(NC(=O)c2cc(N3CCC(=O)NC3=O)cc(C(C)(C)C)c2OC)c1)S(=O)O. The van der Waals surface area contributed by atoms with Gasteiger partial charge in [-0.05, 0) is 34.6 Å². The van der Waals surface area contributed by atoms with Gasteiger partial charge in [0.1, 0.15) is 5.75 Å². The number of carbonyl (C=O) groups excluding carboxylic acids is 3. The van der Waals surface area contributed by atoms with Crippen LogP contribution in [0.3, 0.4) is 0 Å². The second kappa shape index (κ2) is 10.9. The van der Waals surface area contributed by atoms with E-state index in [1.54, 1.807) is 19.1 Å². The lowest BCUT2D eigenvalue weighted by Gasteiger charge is -2.30. The monoisotopic (exact) mass is 522 g/mol. The van der Waals surface area contributed by atoms with Gasteiger partial charge in [-0.15, -0.1) is 11.3 Å². The van der Waals surface area contributed by atoms with Gasteiger partial charge >= 0.3 is 6.03 Å². The molecule has 0 aliphatic carbocycles. The summed E-state index contributed by atoms with van der Waals surface area (Å²) in [6.07, 6.45) is 0.162. The van der Waals surface area contributed by atoms with Gasteiger partial charge in [-0.1, -0.05) is 27.7 Å². The van der Waals surface area contributed by atoms with Crippen LogP contribution in [0, 0.1) is 0 Å². The maximum atomic E-state index is 13.4. The van der Waals surface area contributed by atoms with Crippen molar-refractivity contribution in [3.63, 3.8) is 0 Å². The first kappa shape index (κ1) is 26.8. The number of amides is 4. The number of urea groups is 1. The molecular formula is C23H30N4O6S2. The molecule has 0 bridgehead atoms. The zero-order valence-corrected chi connectivity index (χ0v) is 22.0. The number of hydrogen-bond donors (Lipinski definition) is 3. The Bertz CT molecular complexity index is 1160. The number of nitrogens with zero attached hydrogens (tertiary/aromatic N) is 2. The van der Waals surface area contributed by atoms with Gasteiger partial charge < -0.3 is 10.1 Å². The minimum Gasteiger partial charge on any atom is -0.496 e. The first-order valence-corrected chi connectivity index (χ1v) is 13.0. The zero-order valence-electron chi connectivity index (χ0n) is 20.3. The van der Waals surface area contributed by atoms with E-state index in [-0.39, 0.29) is 31.0 Å². The summed E-state index contributed by atoms with van der Waals surface area (Å²) in [5, 5.41) is 7.56. The standard InChI is InChI=1S/C23H30N4O6S2/c1-6-26(35(31)32)12-14-9-19(34-13-14)25-21(29)16-10-15(27-8-7-18(28)24-22(27)30)11-17(20(16)33-5)23(2,3)4/h9-11,13H,6-8,12H2,1-5H3,(H,25,29)(H,31,32)(H,24,28,30). The van der Waals surface area contributed by atoms with Crippen LogP contribution in [0.25, 0.3) is 0 Å². The van der Waals surface area contributed by atoms with E-state index < -0.39 is 28.6 Å². The lowest BCUT2D eigenvalue weighted by molar-refractivity contribution is -0.120. The van der Waals surface area contributed by atoms with E-state index in [1.165, 1.54) is 27.7 Å². The van der Waals surface area contributed by atoms with Crippen molar-refractivity contribution >= 4 is 51.1 Å². The van der Waals surface area contributed by atoms with Crippen LogP contribution in [0.1, 0.15) is 55.6 Å². The minimum atomic E-state index is -2.09. The molecule has 2 aromatic rings. The van der Waals surface area contributed by atoms with Crippen LogP contribution in [0.5, 0.6) is 5.75 Å². The average Bonchev–Trinajstić information content (AvgIpc) is 3.22. The molecule has 1 saturated heterocycles. The number of rotatable bonds is 8. The van der Waals surface area contributed by atoms with Crippen molar-refractivity contribution < 1.29 is 27.9 Å². The molecule has 0 radical (unpaired) electrons. The molecule has 1 unspecified atom stereocenters. The smallest absolute Gasteiger partial charge is 0.328 e. The maximum absolute atomic E-state index is 13.4. The molecule has 190 valence electrons. The molecule has 4 amide bonds. The van der Waals surface area contributed by atoms with Crippen molar-refractivity contribution in [1.82, 2.24) is 9.62 Å². The van der Waals surface area contributed by atoms with E-state index >= 15 is 0 Å². The average molecular weight is 523 g/mol. The van der Waals surface area contributed by atoms with Crippen LogP contribution >= 0.6 is 11.3 Å². The highest BCUT2D eigenvalue weighted by Crippen LogP contribution is 2.38. The van der Waals surface area contributed by atoms with Gasteiger partial charge in [0.05, 0.1) is 17.7 Å². The first-order chi connectivity index (χ1) is 16.4. The van der Waals surface area contributed by atoms with Crippen LogP contribution in [0.15, 0.2) is 23.6 Å². The van der Waals surface area contributed by atoms with E-state index in [0.717, 1.165) is 11.1 Å². The van der Waals surface area contributed by atoms with Gasteiger partial charge in [0, 0.05) is 37.3 Å². The third kappa shape index (κ3) is 6.26. The van der Waals surface area contributed by atoms with Gasteiger partial charge in [-0.25, -0.2) is 9.00 Å². The lowest BCUT2D eigenvalue weighted by atomic mass is 9.84. The molecule has 35 heavy (non-hydrogen) atoms. The summed E-state index contributed by atoms with van der Waals surface area (Å²) in [6.45, 7) is 8.59. The summed E-state index contributed by atoms with van der Waals surface area (Å²) in [5.74, 6) is -0.361. The normalized spacial score (nSPS) is 15.2. The summed E-state index contributed by atoms with van der Waals surface area (Å²) in [4.78, 5) is 38.9. The second-order valence-corrected chi connectivity index (χ2v) is 10.9. The molecule has 1 aromatic carbocycles. The predicted octanol–water partition coefficient (Wildman–Crippen LogP) is 3.71. The Labute approximate surface area is 211 Å². The van der Waals surface area contributed by atoms with E-state index in [9.17, 15) is 23.1 Å². The number of hydrogen-bond acceptors (Lipinski definition) is 6. The fourth-order valence-electron chi connectivity index (χ4n) is 3.71. The number of anilines is 2. The highest BCUT2D eigenvalue weighted by atomic mass is 32.2. The number of benzene rings is 1. The van der Waals surface area contributed by atoms with E-state index in [2.05, 4.69) is 10.6 Å². The molecule has 3 N–H and O–H groups in total. The largest absolute Gasteiger partial charge is 0.496 e. The van der Waals surface area contributed by atoms with Crippen molar-refractivity contribution in [3.05, 3.63) is 40.3 Å². The summed E-state index contributed by atoms with van der Waals surface area (Å²) < 4.78 is 27.8. The maximum Gasteiger partial charge on any atom is 0.328 e. The number of carbonyl (C=O) groups is 3. The molecule has 1 aliphatic heterocycles. The van der Waals surface area contributed by atoms with Crippen LogP contribution < -0.4 is 20.3 Å². The summed E-state index contributed by atoms with van der Waals surface area (Å²) in [6, 6.07) is 4.61. The molecule has 2 heterocycles. The molecule has 1 aliphatic rings. The van der Waals surface area contributed by atoms with Gasteiger partial charge in [0.25, 0.3) is 5.91 Å². The van der Waals surface area contributed by atoms with Crippen LogP contribution in [0.4, 0.5) is 15.5 Å². The highest BCUT2D eigenvalue weighted by Gasteiger charge is 2.30. The molecule has 10 nitrogen and oxygen atoms in total. The van der Waals surface area contributed by atoms with Gasteiger partial charge in [0.2, 0.25) is 17.2 Å². The molecule has 0 saturated carbocycles. The third-order valence-electron chi connectivity index (χ3n) is 5.52. The fraction of sp³-hybridized carbons (Fsp3) is 0.435. The van der Waals surface area contributed by atoms with Crippen molar-refractivity contribution in [1.29, 1.82) is 0 Å². The van der Waals surface area contributed by atoms with Crippen molar-refractivity contribution in [2.24, 2.45) is 0 Å². The van der Waals surface area contributed by atoms with E-state index in [1.807, 2.05) is 32.2 Å². The van der Waals surface area contributed by atoms with E-state index in [0.29, 0.717) is 23.0 Å². The van der Waals surface area contributed by atoms with Crippen molar-refractivity contribution in [2.45, 2.75) is 46.1 Å². The second-order valence-electron chi connectivity index (χ2n) is 9.04. The predicted molar refractivity (Wildman–Crippen MR) is 136 cm³/mol. The number of thiophene rings is 1. The molecule has 1 atom stereocenters. The Morgan fingerprint density at radius 3 is 2.60 bits per heavy atom. The Hall–Kier alpha value is -2.80. The molecule has 1 aromatic heterocycles. The molecular weight excluding hydrogens is 492 g/mol. The zero-order chi connectivity index (χ0) is 25.9. The quantitative estimate of drug-likeness (QED) is 0.454. The Morgan fingerprint density at radius 1 is 1.31 bits per heavy atom. The van der Waals surface area contributed by atoms with Gasteiger partial charge in [-0.3, -0.25) is 24.4 Å². The van der Waals surface area contributed by atoms with Crippen molar-refractivity contribution in [2.75, 3.05) is 30.4 Å². The number of nitrogens with one attached hydrogen (secondary N) is 2. The van der Waals surface area contributed by atoms with Gasteiger partial charge in [0.15, 0.2) is 0 Å². The number of ether oxygens (including phenoxy) is 1. The topological polar surface area (TPSA) is 128 Å². The van der Waals surface area contributed by atoms with Gasteiger partial charge in [-0.2, -0.15) is 4.31 Å². The molecule has 0 spiro atoms. The summed E-state index contributed by atoms with van der Waals surface area (Å²) >= 11 is -0.785. The molecule has 12 heteroatoms. The molecule has 3 rings (SSSR count). The van der Waals surface area contributed by atoms with E-state index in [4.69, 9.17) is 4.74 Å². The highest BCUT2D eigenvalue weighted by molar-refractivity contribution is 7.76. The Balaban J connectivity index is 1.95.